The second kappa shape index (κ2) is 4.35. The Morgan fingerprint density at radius 2 is 1.90 bits per heavy atom. The van der Waals surface area contributed by atoms with Crippen molar-refractivity contribution in [3.05, 3.63) is 53.6 Å². The molecule has 0 radical (unpaired) electrons. The number of ether oxygens (including phenoxy) is 1. The largest absolute Gasteiger partial charge is 0.508 e. The van der Waals surface area contributed by atoms with E-state index in [4.69, 9.17) is 4.74 Å². The fourth-order valence-electron chi connectivity index (χ4n) is 2.05. The second-order valence-corrected chi connectivity index (χ2v) is 6.05. The summed E-state index contributed by atoms with van der Waals surface area (Å²) in [5.41, 5.74) is 1.23. The van der Waals surface area contributed by atoms with E-state index >= 15 is 0 Å². The smallest absolute Gasteiger partial charge is 0.286 e. The quantitative estimate of drug-likeness (QED) is 0.873. The zero-order valence-corrected chi connectivity index (χ0v) is 11.4. The highest BCUT2D eigenvalue weighted by Crippen LogP contribution is 2.29. The van der Waals surface area contributed by atoms with Gasteiger partial charge in [-0.2, -0.15) is 8.42 Å². The summed E-state index contributed by atoms with van der Waals surface area (Å²) in [6, 6.07) is 11.1. The fraction of sp³-hybridized carbons (Fsp3) is 0.0714. The Hall–Kier alpha value is -2.34. The average Bonchev–Trinajstić information content (AvgIpc) is 2.60. The maximum atomic E-state index is 11.9. The van der Waals surface area contributed by atoms with Gasteiger partial charge in [-0.1, -0.05) is 12.1 Å². The predicted octanol–water partition coefficient (Wildman–Crippen LogP) is 2.23. The summed E-state index contributed by atoms with van der Waals surface area (Å²) in [6.45, 7) is 1.80. The first-order valence-electron chi connectivity index (χ1n) is 5.88. The van der Waals surface area contributed by atoms with Crippen LogP contribution in [-0.4, -0.2) is 19.4 Å². The zero-order chi connectivity index (χ0) is 14.3. The van der Waals surface area contributed by atoms with Gasteiger partial charge in [0.15, 0.2) is 0 Å². The lowest BCUT2D eigenvalue weighted by atomic mass is 10.2. The van der Waals surface area contributed by atoms with Crippen molar-refractivity contribution < 1.29 is 18.3 Å². The van der Waals surface area contributed by atoms with E-state index in [1.165, 1.54) is 12.1 Å². The Bertz CT molecular complexity index is 805. The van der Waals surface area contributed by atoms with Crippen molar-refractivity contribution in [2.24, 2.45) is 4.40 Å². The molecule has 0 bridgehead atoms. The van der Waals surface area contributed by atoms with Crippen molar-refractivity contribution in [3.63, 3.8) is 0 Å². The Morgan fingerprint density at radius 3 is 2.65 bits per heavy atom. The third-order valence-electron chi connectivity index (χ3n) is 2.85. The van der Waals surface area contributed by atoms with Crippen LogP contribution < -0.4 is 4.74 Å². The molecular formula is C14H11NO4S. The van der Waals surface area contributed by atoms with Crippen LogP contribution in [0.4, 0.5) is 0 Å². The first-order chi connectivity index (χ1) is 9.45. The molecule has 2 aromatic rings. The molecular weight excluding hydrogens is 278 g/mol. The van der Waals surface area contributed by atoms with Crippen molar-refractivity contribution >= 4 is 15.9 Å². The number of rotatable bonds is 1. The summed E-state index contributed by atoms with van der Waals surface area (Å²) in [4.78, 5) is 0.131. The van der Waals surface area contributed by atoms with Crippen LogP contribution in [0.5, 0.6) is 11.5 Å². The summed E-state index contributed by atoms with van der Waals surface area (Å²) in [7, 11) is -3.69. The maximum Gasteiger partial charge on any atom is 0.286 e. The van der Waals surface area contributed by atoms with Gasteiger partial charge in [0.2, 0.25) is 5.90 Å². The lowest BCUT2D eigenvalue weighted by Gasteiger charge is -2.06. The molecule has 0 atom stereocenters. The number of aromatic hydroxyl groups is 1. The van der Waals surface area contributed by atoms with Crippen LogP contribution in [-0.2, 0) is 10.0 Å². The number of nitrogens with zero attached hydrogens (tertiary/aromatic N) is 1. The molecule has 0 saturated heterocycles. The molecule has 1 N–H and O–H groups in total. The van der Waals surface area contributed by atoms with Crippen LogP contribution in [0.2, 0.25) is 0 Å². The standard InChI is InChI=1S/C14H11NO4S/c1-9-6-10(16)8-11(7-9)19-14-12-4-2-3-5-13(12)20(17,18)15-14/h2-8,16H,1H3. The van der Waals surface area contributed by atoms with E-state index in [0.29, 0.717) is 11.3 Å². The van der Waals surface area contributed by atoms with Gasteiger partial charge in [0.1, 0.15) is 16.4 Å². The first-order valence-corrected chi connectivity index (χ1v) is 7.32. The van der Waals surface area contributed by atoms with Crippen LogP contribution >= 0.6 is 0 Å². The molecule has 1 aliphatic heterocycles. The molecule has 0 amide bonds. The molecule has 102 valence electrons. The average molecular weight is 289 g/mol. The van der Waals surface area contributed by atoms with Gasteiger partial charge >= 0.3 is 0 Å². The van der Waals surface area contributed by atoms with Crippen molar-refractivity contribution in [2.45, 2.75) is 11.8 Å². The van der Waals surface area contributed by atoms with Crippen molar-refractivity contribution in [1.29, 1.82) is 0 Å². The predicted molar refractivity (Wildman–Crippen MR) is 73.6 cm³/mol. The Kier molecular flexibility index (Phi) is 2.76. The molecule has 0 spiro atoms. The highest BCUT2D eigenvalue weighted by Gasteiger charge is 2.30. The van der Waals surface area contributed by atoms with E-state index in [9.17, 15) is 13.5 Å². The lowest BCUT2D eigenvalue weighted by molar-refractivity contribution is 0.468. The van der Waals surface area contributed by atoms with Crippen molar-refractivity contribution in [2.75, 3.05) is 0 Å². The van der Waals surface area contributed by atoms with Crippen molar-refractivity contribution in [3.8, 4) is 11.5 Å². The van der Waals surface area contributed by atoms with Crippen LogP contribution in [0.3, 0.4) is 0 Å². The van der Waals surface area contributed by atoms with Gasteiger partial charge in [-0.15, -0.1) is 4.40 Å². The SMILES string of the molecule is Cc1cc(O)cc(OC2=NS(=O)(=O)c3ccccc32)c1. The Morgan fingerprint density at radius 1 is 1.15 bits per heavy atom. The highest BCUT2D eigenvalue weighted by molar-refractivity contribution is 7.90. The molecule has 0 aromatic heterocycles. The van der Waals surface area contributed by atoms with Gasteiger partial charge in [0, 0.05) is 6.07 Å². The van der Waals surface area contributed by atoms with Crippen LogP contribution in [0.15, 0.2) is 51.8 Å². The molecule has 1 aliphatic rings. The zero-order valence-electron chi connectivity index (χ0n) is 10.6. The molecule has 1 heterocycles. The van der Waals surface area contributed by atoms with E-state index in [1.807, 2.05) is 0 Å². The number of fused-ring (bicyclic) bond motifs is 1. The van der Waals surface area contributed by atoms with Crippen molar-refractivity contribution in [1.82, 2.24) is 0 Å². The number of hydrogen-bond donors (Lipinski definition) is 1. The van der Waals surface area contributed by atoms with Crippen LogP contribution in [0.25, 0.3) is 0 Å². The van der Waals surface area contributed by atoms with Gasteiger partial charge in [0.25, 0.3) is 10.0 Å². The van der Waals surface area contributed by atoms with E-state index < -0.39 is 10.0 Å². The molecule has 0 aliphatic carbocycles. The Balaban J connectivity index is 2.04. The molecule has 20 heavy (non-hydrogen) atoms. The molecule has 0 fully saturated rings. The third kappa shape index (κ3) is 2.14. The number of benzene rings is 2. The summed E-state index contributed by atoms with van der Waals surface area (Å²) >= 11 is 0. The fourth-order valence-corrected chi connectivity index (χ4v) is 3.18. The molecule has 5 nitrogen and oxygen atoms in total. The normalized spacial score (nSPS) is 15.6. The lowest BCUT2D eigenvalue weighted by Crippen LogP contribution is -2.07. The molecule has 3 rings (SSSR count). The van der Waals surface area contributed by atoms with Gasteiger partial charge in [-0.25, -0.2) is 0 Å². The van der Waals surface area contributed by atoms with E-state index in [2.05, 4.69) is 4.40 Å². The molecule has 6 heteroatoms. The monoisotopic (exact) mass is 289 g/mol. The summed E-state index contributed by atoms with van der Waals surface area (Å²) in [6.07, 6.45) is 0. The molecule has 0 unspecified atom stereocenters. The number of phenols is 1. The number of phenolic OH excluding ortho intramolecular Hbond substituents is 1. The summed E-state index contributed by atoms with van der Waals surface area (Å²) in [5, 5.41) is 9.53. The van der Waals surface area contributed by atoms with E-state index in [1.54, 1.807) is 37.3 Å². The maximum absolute atomic E-state index is 11.9. The minimum absolute atomic E-state index is 0.0191. The minimum Gasteiger partial charge on any atom is -0.508 e. The van der Waals surface area contributed by atoms with Crippen LogP contribution in [0.1, 0.15) is 11.1 Å². The van der Waals surface area contributed by atoms with E-state index in [-0.39, 0.29) is 16.5 Å². The number of sulfonamides is 1. The summed E-state index contributed by atoms with van der Waals surface area (Å²) in [5.74, 6) is 0.411. The first kappa shape index (κ1) is 12.7. The number of hydrogen-bond acceptors (Lipinski definition) is 4. The molecule has 0 saturated carbocycles. The topological polar surface area (TPSA) is 76.0 Å². The van der Waals surface area contributed by atoms with Crippen LogP contribution in [0, 0.1) is 6.92 Å². The van der Waals surface area contributed by atoms with Gasteiger partial charge in [-0.05, 0) is 36.8 Å². The van der Waals surface area contributed by atoms with Gasteiger partial charge in [0.05, 0.1) is 5.56 Å². The van der Waals surface area contributed by atoms with Gasteiger partial charge < -0.3 is 9.84 Å². The van der Waals surface area contributed by atoms with E-state index in [0.717, 1.165) is 5.56 Å². The number of aryl methyl sites for hydroxylation is 1. The van der Waals surface area contributed by atoms with Gasteiger partial charge in [-0.3, -0.25) is 0 Å². The minimum atomic E-state index is -3.69. The highest BCUT2D eigenvalue weighted by atomic mass is 32.2. The Labute approximate surface area is 116 Å². The summed E-state index contributed by atoms with van der Waals surface area (Å²) < 4.78 is 32.9. The molecule has 2 aromatic carbocycles. The third-order valence-corrected chi connectivity index (χ3v) is 4.17. The second-order valence-electron chi connectivity index (χ2n) is 4.47.